The molecule has 0 saturated carbocycles. The van der Waals surface area contributed by atoms with E-state index in [1.54, 1.807) is 0 Å². The van der Waals surface area contributed by atoms with Crippen molar-refractivity contribution in [3.05, 3.63) is 54.1 Å². The summed E-state index contributed by atoms with van der Waals surface area (Å²) >= 11 is 0. The summed E-state index contributed by atoms with van der Waals surface area (Å²) in [6.07, 6.45) is 6.59. The summed E-state index contributed by atoms with van der Waals surface area (Å²) in [6, 6.07) is 10.6. The highest BCUT2D eigenvalue weighted by Gasteiger charge is 2.28. The number of aromatic nitrogens is 2. The lowest BCUT2D eigenvalue weighted by atomic mass is 10.1. The van der Waals surface area contributed by atoms with Crippen LogP contribution in [0.2, 0.25) is 0 Å². The number of amides is 1. The molecule has 1 saturated heterocycles. The third kappa shape index (κ3) is 4.73. The Kier molecular flexibility index (Phi) is 6.45. The molecule has 5 nitrogen and oxygen atoms in total. The molecule has 1 aliphatic heterocycles. The van der Waals surface area contributed by atoms with Crippen LogP contribution in [-0.4, -0.2) is 50.9 Å². The van der Waals surface area contributed by atoms with Gasteiger partial charge in [-0.2, -0.15) is 0 Å². The third-order valence-electron chi connectivity index (χ3n) is 5.34. The highest BCUT2D eigenvalue weighted by molar-refractivity contribution is 5.77. The monoisotopic (exact) mass is 354 g/mol. The number of hydrogen-bond donors (Lipinski definition) is 0. The zero-order valence-corrected chi connectivity index (χ0v) is 16.0. The molecular weight excluding hydrogens is 324 g/mol. The van der Waals surface area contributed by atoms with Gasteiger partial charge in [-0.15, -0.1) is 0 Å². The summed E-state index contributed by atoms with van der Waals surface area (Å²) in [5, 5.41) is 0. The molecule has 0 radical (unpaired) electrons. The van der Waals surface area contributed by atoms with E-state index in [1.165, 1.54) is 5.56 Å². The van der Waals surface area contributed by atoms with Gasteiger partial charge in [0.1, 0.15) is 5.82 Å². The maximum absolute atomic E-state index is 12.7. The third-order valence-corrected chi connectivity index (χ3v) is 5.34. The molecule has 0 N–H and O–H groups in total. The van der Waals surface area contributed by atoms with Gasteiger partial charge in [-0.25, -0.2) is 4.98 Å². The maximum Gasteiger partial charge on any atom is 0.224 e. The van der Waals surface area contributed by atoms with Crippen LogP contribution >= 0.6 is 0 Å². The predicted molar refractivity (Wildman–Crippen MR) is 104 cm³/mol. The number of imidazole rings is 1. The molecule has 0 spiro atoms. The fourth-order valence-corrected chi connectivity index (χ4v) is 3.74. The molecule has 1 fully saturated rings. The van der Waals surface area contributed by atoms with Gasteiger partial charge >= 0.3 is 0 Å². The van der Waals surface area contributed by atoms with Crippen LogP contribution in [0.4, 0.5) is 0 Å². The van der Waals surface area contributed by atoms with Crippen molar-refractivity contribution in [1.82, 2.24) is 19.4 Å². The van der Waals surface area contributed by atoms with Crippen molar-refractivity contribution in [3.63, 3.8) is 0 Å². The normalized spacial score (nSPS) is 18.9. The van der Waals surface area contributed by atoms with E-state index in [0.29, 0.717) is 12.5 Å². The lowest BCUT2D eigenvalue weighted by Crippen LogP contribution is -2.42. The molecule has 3 rings (SSSR count). The number of rotatable bonds is 7. The van der Waals surface area contributed by atoms with Crippen LogP contribution in [0.25, 0.3) is 0 Å². The van der Waals surface area contributed by atoms with Crippen LogP contribution in [-0.2, 0) is 17.9 Å². The minimum Gasteiger partial charge on any atom is -0.335 e. The summed E-state index contributed by atoms with van der Waals surface area (Å²) < 4.78 is 2.20. The van der Waals surface area contributed by atoms with Crippen molar-refractivity contribution >= 4 is 5.91 Å². The fourth-order valence-electron chi connectivity index (χ4n) is 3.74. The number of carbonyl (C=O) groups is 1. The molecule has 1 aromatic heterocycles. The summed E-state index contributed by atoms with van der Waals surface area (Å²) in [7, 11) is 0. The van der Waals surface area contributed by atoms with Gasteiger partial charge in [0.15, 0.2) is 0 Å². The molecule has 1 amide bonds. The predicted octanol–water partition coefficient (Wildman–Crippen LogP) is 3.09. The van der Waals surface area contributed by atoms with Gasteiger partial charge in [0, 0.05) is 51.0 Å². The Labute approximate surface area is 156 Å². The number of nitrogens with zero attached hydrogens (tertiary/aromatic N) is 4. The van der Waals surface area contributed by atoms with Gasteiger partial charge in [-0.05, 0) is 31.9 Å². The van der Waals surface area contributed by atoms with Gasteiger partial charge in [0.05, 0.1) is 0 Å². The lowest BCUT2D eigenvalue weighted by Gasteiger charge is -2.31. The maximum atomic E-state index is 12.7. The minimum atomic E-state index is 0.286. The summed E-state index contributed by atoms with van der Waals surface area (Å²) in [4.78, 5) is 21.6. The van der Waals surface area contributed by atoms with Crippen LogP contribution in [0.1, 0.15) is 37.6 Å². The second-order valence-corrected chi connectivity index (χ2v) is 7.14. The number of hydrogen-bond acceptors (Lipinski definition) is 3. The first-order valence-electron chi connectivity index (χ1n) is 9.71. The quantitative estimate of drug-likeness (QED) is 0.767. The molecule has 140 valence electrons. The van der Waals surface area contributed by atoms with Crippen molar-refractivity contribution in [2.24, 2.45) is 0 Å². The van der Waals surface area contributed by atoms with E-state index in [9.17, 15) is 4.79 Å². The van der Waals surface area contributed by atoms with Gasteiger partial charge in [-0.1, -0.05) is 37.3 Å². The summed E-state index contributed by atoms with van der Waals surface area (Å²) in [5.41, 5.74) is 1.21. The van der Waals surface area contributed by atoms with Gasteiger partial charge in [0.25, 0.3) is 0 Å². The Morgan fingerprint density at radius 3 is 2.69 bits per heavy atom. The fraction of sp³-hybridized carbons (Fsp3) is 0.524. The van der Waals surface area contributed by atoms with Crippen LogP contribution in [0.3, 0.4) is 0 Å². The first-order chi connectivity index (χ1) is 12.7. The average molecular weight is 354 g/mol. The Morgan fingerprint density at radius 1 is 1.19 bits per heavy atom. The molecule has 5 heteroatoms. The SMILES string of the molecule is CCC1CN(CCCn2ccnc2C)CCC(=O)N1Cc1ccccc1. The molecule has 1 unspecified atom stereocenters. The van der Waals surface area contributed by atoms with E-state index >= 15 is 0 Å². The van der Waals surface area contributed by atoms with Crippen LogP contribution in [0.5, 0.6) is 0 Å². The van der Waals surface area contributed by atoms with Gasteiger partial charge in [-0.3, -0.25) is 4.79 Å². The zero-order chi connectivity index (χ0) is 18.4. The van der Waals surface area contributed by atoms with E-state index in [1.807, 2.05) is 37.5 Å². The van der Waals surface area contributed by atoms with Crippen molar-refractivity contribution in [2.75, 3.05) is 19.6 Å². The molecule has 0 bridgehead atoms. The summed E-state index contributed by atoms with van der Waals surface area (Å²) in [6.45, 7) is 8.80. The Hall–Kier alpha value is -2.14. The van der Waals surface area contributed by atoms with Crippen LogP contribution in [0, 0.1) is 6.92 Å². The molecule has 1 aliphatic rings. The Balaban J connectivity index is 1.58. The highest BCUT2D eigenvalue weighted by Crippen LogP contribution is 2.18. The van der Waals surface area contributed by atoms with E-state index in [0.717, 1.165) is 51.4 Å². The smallest absolute Gasteiger partial charge is 0.224 e. The van der Waals surface area contributed by atoms with Crippen molar-refractivity contribution < 1.29 is 4.79 Å². The van der Waals surface area contributed by atoms with Crippen molar-refractivity contribution in [1.29, 1.82) is 0 Å². The molecule has 2 heterocycles. The van der Waals surface area contributed by atoms with Gasteiger partial charge < -0.3 is 14.4 Å². The van der Waals surface area contributed by atoms with E-state index in [2.05, 4.69) is 38.4 Å². The van der Waals surface area contributed by atoms with E-state index in [-0.39, 0.29) is 5.91 Å². The first-order valence-corrected chi connectivity index (χ1v) is 9.71. The standard InChI is InChI=1S/C21H30N4O/c1-3-20-17-23(12-7-13-24-15-11-22-18(24)2)14-10-21(26)25(20)16-19-8-5-4-6-9-19/h4-6,8-9,11,15,20H,3,7,10,12-14,16-17H2,1-2H3. The van der Waals surface area contributed by atoms with Crippen molar-refractivity contribution in [3.8, 4) is 0 Å². The highest BCUT2D eigenvalue weighted by atomic mass is 16.2. The second-order valence-electron chi connectivity index (χ2n) is 7.14. The van der Waals surface area contributed by atoms with Crippen LogP contribution in [0.15, 0.2) is 42.7 Å². The zero-order valence-electron chi connectivity index (χ0n) is 16.0. The number of aryl methyl sites for hydroxylation is 2. The molecular formula is C21H30N4O. The topological polar surface area (TPSA) is 41.4 Å². The first kappa shape index (κ1) is 18.6. The largest absolute Gasteiger partial charge is 0.335 e. The minimum absolute atomic E-state index is 0.286. The van der Waals surface area contributed by atoms with Gasteiger partial charge in [0.2, 0.25) is 5.91 Å². The molecule has 0 aliphatic carbocycles. The second kappa shape index (κ2) is 8.99. The van der Waals surface area contributed by atoms with E-state index < -0.39 is 0 Å². The lowest BCUT2D eigenvalue weighted by molar-refractivity contribution is -0.133. The number of carbonyl (C=O) groups excluding carboxylic acids is 1. The number of benzene rings is 1. The molecule has 26 heavy (non-hydrogen) atoms. The molecule has 1 atom stereocenters. The average Bonchev–Trinajstić information content (AvgIpc) is 3.00. The van der Waals surface area contributed by atoms with E-state index in [4.69, 9.17) is 0 Å². The summed E-state index contributed by atoms with van der Waals surface area (Å²) in [5.74, 6) is 1.35. The Bertz CT molecular complexity index is 697. The molecule has 2 aromatic rings. The Morgan fingerprint density at radius 2 is 2.00 bits per heavy atom. The molecule has 1 aromatic carbocycles. The van der Waals surface area contributed by atoms with Crippen LogP contribution < -0.4 is 0 Å². The van der Waals surface area contributed by atoms with Crippen molar-refractivity contribution in [2.45, 2.75) is 52.2 Å².